The zero-order valence-electron chi connectivity index (χ0n) is 14.1. The molecule has 0 fully saturated rings. The number of hydrogen-bond acceptors (Lipinski definition) is 8. The third-order valence-corrected chi connectivity index (χ3v) is 8.74. The Morgan fingerprint density at radius 3 is 1.39 bits per heavy atom. The maximum absolute atomic E-state index is 12.9. The number of hydrogen-bond donors (Lipinski definition) is 0. The van der Waals surface area contributed by atoms with E-state index in [1.165, 1.54) is 46.6 Å². The van der Waals surface area contributed by atoms with Crippen molar-refractivity contribution in [3.8, 4) is 0 Å². The average Bonchev–Trinajstić information content (AvgIpc) is 3.36. The van der Waals surface area contributed by atoms with Crippen molar-refractivity contribution < 1.29 is 9.59 Å². The molecule has 0 spiro atoms. The van der Waals surface area contributed by atoms with Crippen LogP contribution in [0, 0.1) is 0 Å². The minimum atomic E-state index is -0.0354. The number of rotatable bonds is 4. The van der Waals surface area contributed by atoms with Crippen molar-refractivity contribution in [3.05, 3.63) is 81.5 Å². The smallest absolute Gasteiger partial charge is 0.205 e. The van der Waals surface area contributed by atoms with Crippen LogP contribution >= 0.6 is 46.6 Å². The highest BCUT2D eigenvalue weighted by molar-refractivity contribution is 8.05. The predicted octanol–water partition coefficient (Wildman–Crippen LogP) is 5.68. The van der Waals surface area contributed by atoms with Gasteiger partial charge < -0.3 is 0 Å². The summed E-state index contributed by atoms with van der Waals surface area (Å²) in [5.41, 5.74) is 1.28. The fourth-order valence-corrected chi connectivity index (χ4v) is 7.21. The Balaban J connectivity index is 1.49. The number of carbonyl (C=O) groups is 2. The molecule has 2 aromatic carbocycles. The molecule has 1 aliphatic rings. The van der Waals surface area contributed by atoms with Crippen molar-refractivity contribution in [3.63, 3.8) is 0 Å². The molecular formula is C20H10N2O2S4. The molecule has 3 heterocycles. The number of benzene rings is 2. The van der Waals surface area contributed by atoms with Crippen molar-refractivity contribution in [1.82, 2.24) is 8.75 Å². The first-order valence-electron chi connectivity index (χ1n) is 8.27. The van der Waals surface area contributed by atoms with Gasteiger partial charge in [-0.05, 0) is 23.1 Å². The summed E-state index contributed by atoms with van der Waals surface area (Å²) in [4.78, 5) is 28.6. The molecule has 8 heteroatoms. The van der Waals surface area contributed by atoms with Gasteiger partial charge in [-0.1, -0.05) is 84.2 Å². The summed E-state index contributed by atoms with van der Waals surface area (Å²) in [6.45, 7) is 0. The van der Waals surface area contributed by atoms with E-state index in [2.05, 4.69) is 8.75 Å². The van der Waals surface area contributed by atoms with Gasteiger partial charge in [0.2, 0.25) is 11.6 Å². The molecule has 0 bridgehead atoms. The monoisotopic (exact) mass is 438 g/mol. The topological polar surface area (TPSA) is 59.9 Å². The van der Waals surface area contributed by atoms with Crippen LogP contribution in [0.1, 0.15) is 30.5 Å². The minimum absolute atomic E-state index is 0.0354. The molecule has 136 valence electrons. The van der Waals surface area contributed by atoms with Gasteiger partial charge in [0.1, 0.15) is 19.8 Å². The second-order valence-corrected chi connectivity index (χ2v) is 9.43. The summed E-state index contributed by atoms with van der Waals surface area (Å²) in [5, 5.41) is 1.54. The lowest BCUT2D eigenvalue weighted by molar-refractivity contribution is 0.103. The molecule has 0 radical (unpaired) electrons. The molecule has 5 rings (SSSR count). The summed E-state index contributed by atoms with van der Waals surface area (Å²) in [6.07, 6.45) is 0. The fraction of sp³-hybridized carbons (Fsp3) is 0. The van der Waals surface area contributed by atoms with Crippen LogP contribution in [-0.4, -0.2) is 20.3 Å². The van der Waals surface area contributed by atoms with E-state index in [9.17, 15) is 9.59 Å². The van der Waals surface area contributed by atoms with Crippen LogP contribution in [0.3, 0.4) is 0 Å². The third-order valence-electron chi connectivity index (χ3n) is 4.12. The summed E-state index contributed by atoms with van der Waals surface area (Å²) in [7, 11) is 0. The van der Waals surface area contributed by atoms with Gasteiger partial charge in [-0.3, -0.25) is 9.59 Å². The van der Waals surface area contributed by atoms with Gasteiger partial charge in [0, 0.05) is 11.1 Å². The number of fused-ring (bicyclic) bond motifs is 2. The summed E-state index contributed by atoms with van der Waals surface area (Å²) < 4.78 is 8.97. The Morgan fingerprint density at radius 1 is 0.607 bits per heavy atom. The maximum Gasteiger partial charge on any atom is 0.205 e. The van der Waals surface area contributed by atoms with Crippen LogP contribution in [-0.2, 0) is 0 Å². The Labute approximate surface area is 177 Å². The first-order valence-corrected chi connectivity index (χ1v) is 11.4. The maximum atomic E-state index is 12.9. The van der Waals surface area contributed by atoms with Crippen molar-refractivity contribution >= 4 is 58.2 Å². The third kappa shape index (κ3) is 3.02. The lowest BCUT2D eigenvalue weighted by atomic mass is 10.1. The van der Waals surface area contributed by atoms with Gasteiger partial charge in [-0.2, -0.15) is 8.75 Å². The standard InChI is InChI=1S/C20H10N2O2S4/c23-13(11-7-3-1-4-8-11)15-17-19(21-27-15)26-18-16(28-22-20(18)25-17)14(24)12-9-5-2-6-10-12/h1-10H. The first-order chi connectivity index (χ1) is 13.7. The van der Waals surface area contributed by atoms with Crippen molar-refractivity contribution in [1.29, 1.82) is 0 Å². The largest absolute Gasteiger partial charge is 0.288 e. The summed E-state index contributed by atoms with van der Waals surface area (Å²) in [6, 6.07) is 18.4. The molecule has 0 atom stereocenters. The first kappa shape index (κ1) is 17.8. The molecule has 0 saturated carbocycles. The van der Waals surface area contributed by atoms with Gasteiger partial charge in [0.05, 0.1) is 9.79 Å². The van der Waals surface area contributed by atoms with Gasteiger partial charge >= 0.3 is 0 Å². The normalized spacial score (nSPS) is 12.3. The van der Waals surface area contributed by atoms with Gasteiger partial charge in [0.25, 0.3) is 0 Å². The van der Waals surface area contributed by atoms with Crippen LogP contribution in [0.4, 0.5) is 0 Å². The number of aromatic nitrogens is 2. The molecule has 0 N–H and O–H groups in total. The van der Waals surface area contributed by atoms with Gasteiger partial charge in [-0.25, -0.2) is 0 Å². The lowest BCUT2D eigenvalue weighted by Crippen LogP contribution is -2.02. The van der Waals surface area contributed by atoms with Crippen molar-refractivity contribution in [2.45, 2.75) is 19.8 Å². The minimum Gasteiger partial charge on any atom is -0.288 e. The highest BCUT2D eigenvalue weighted by Gasteiger charge is 2.32. The summed E-state index contributed by atoms with van der Waals surface area (Å²) in [5.74, 6) is -0.0709. The van der Waals surface area contributed by atoms with E-state index in [-0.39, 0.29) is 11.6 Å². The molecule has 1 aliphatic heterocycles. The van der Waals surface area contributed by atoms with Crippen LogP contribution in [0.2, 0.25) is 0 Å². The molecule has 4 nitrogen and oxygen atoms in total. The second kappa shape index (κ2) is 7.29. The van der Waals surface area contributed by atoms with Crippen molar-refractivity contribution in [2.24, 2.45) is 0 Å². The van der Waals surface area contributed by atoms with E-state index in [1.54, 1.807) is 24.3 Å². The highest BCUT2D eigenvalue weighted by atomic mass is 32.2. The van der Waals surface area contributed by atoms with E-state index in [0.717, 1.165) is 19.8 Å². The second-order valence-electron chi connectivity index (χ2n) is 5.89. The zero-order valence-corrected chi connectivity index (χ0v) is 17.4. The predicted molar refractivity (Wildman–Crippen MR) is 112 cm³/mol. The average molecular weight is 439 g/mol. The molecule has 0 amide bonds. The molecular weight excluding hydrogens is 429 g/mol. The van der Waals surface area contributed by atoms with E-state index in [4.69, 9.17) is 0 Å². The zero-order chi connectivity index (χ0) is 19.1. The molecule has 0 aliphatic carbocycles. The van der Waals surface area contributed by atoms with Gasteiger partial charge in [0.15, 0.2) is 0 Å². The molecule has 2 aromatic heterocycles. The molecule has 4 aromatic rings. The fourth-order valence-electron chi connectivity index (χ4n) is 2.77. The van der Waals surface area contributed by atoms with Gasteiger partial charge in [-0.15, -0.1) is 0 Å². The van der Waals surface area contributed by atoms with Crippen LogP contribution in [0.15, 0.2) is 80.5 Å². The Hall–Kier alpha value is -2.26. The summed E-state index contributed by atoms with van der Waals surface area (Å²) >= 11 is 5.26. The van der Waals surface area contributed by atoms with E-state index in [1.807, 2.05) is 36.4 Å². The lowest BCUT2D eigenvalue weighted by Gasteiger charge is -2.11. The van der Waals surface area contributed by atoms with Crippen LogP contribution in [0.25, 0.3) is 0 Å². The SMILES string of the molecule is O=C(c1ccccc1)c1snc2c1Sc1nsc(C(=O)c3ccccc3)c1S2. The van der Waals surface area contributed by atoms with E-state index in [0.29, 0.717) is 20.9 Å². The number of carbonyl (C=O) groups excluding carboxylic acids is 2. The Kier molecular flexibility index (Phi) is 4.64. The number of ketones is 2. The van der Waals surface area contributed by atoms with Crippen LogP contribution < -0.4 is 0 Å². The van der Waals surface area contributed by atoms with E-state index < -0.39 is 0 Å². The molecule has 0 saturated heterocycles. The highest BCUT2D eigenvalue weighted by Crippen LogP contribution is 2.52. The Bertz CT molecular complexity index is 1100. The quantitative estimate of drug-likeness (QED) is 0.337. The van der Waals surface area contributed by atoms with Crippen molar-refractivity contribution in [2.75, 3.05) is 0 Å². The molecule has 28 heavy (non-hydrogen) atoms. The van der Waals surface area contributed by atoms with Crippen LogP contribution in [0.5, 0.6) is 0 Å². The van der Waals surface area contributed by atoms with E-state index >= 15 is 0 Å². The number of nitrogens with zero attached hydrogens (tertiary/aromatic N) is 2. The Morgan fingerprint density at radius 2 is 1.00 bits per heavy atom. The molecule has 0 unspecified atom stereocenters.